The third-order valence-corrected chi connectivity index (χ3v) is 5.81. The lowest BCUT2D eigenvalue weighted by Crippen LogP contribution is -2.43. The first-order valence-electron chi connectivity index (χ1n) is 9.13. The van der Waals surface area contributed by atoms with Gasteiger partial charge in [-0.05, 0) is 49.9 Å². The van der Waals surface area contributed by atoms with E-state index in [0.29, 0.717) is 6.04 Å². The quantitative estimate of drug-likeness (QED) is 0.819. The van der Waals surface area contributed by atoms with Crippen LogP contribution >= 0.6 is 0 Å². The van der Waals surface area contributed by atoms with Gasteiger partial charge in [-0.2, -0.15) is 0 Å². The zero-order valence-electron chi connectivity index (χ0n) is 14.5. The molecule has 3 heterocycles. The highest BCUT2D eigenvalue weighted by Crippen LogP contribution is 2.35. The molecule has 0 aromatic heterocycles. The van der Waals surface area contributed by atoms with Crippen molar-refractivity contribution in [1.29, 1.82) is 0 Å². The maximum Gasteiger partial charge on any atom is 0.0365 e. The Kier molecular flexibility index (Phi) is 4.31. The number of nitrogens with one attached hydrogen (secondary N) is 2. The van der Waals surface area contributed by atoms with Crippen molar-refractivity contribution in [2.45, 2.75) is 18.9 Å². The van der Waals surface area contributed by atoms with Crippen molar-refractivity contribution in [2.24, 2.45) is 11.8 Å². The number of hydrogen-bond donors (Lipinski definition) is 2. The van der Waals surface area contributed by atoms with E-state index in [1.807, 2.05) is 0 Å². The van der Waals surface area contributed by atoms with E-state index in [9.17, 15) is 0 Å². The fourth-order valence-electron chi connectivity index (χ4n) is 4.69. The molecule has 4 heteroatoms. The Hall–Kier alpha value is -1.10. The van der Waals surface area contributed by atoms with Gasteiger partial charge in [0.25, 0.3) is 0 Å². The van der Waals surface area contributed by atoms with Crippen molar-refractivity contribution in [3.8, 4) is 0 Å². The van der Waals surface area contributed by atoms with Gasteiger partial charge in [0, 0.05) is 51.0 Å². The second kappa shape index (κ2) is 6.42. The Labute approximate surface area is 140 Å². The molecule has 0 saturated carbocycles. The molecule has 3 aliphatic heterocycles. The number of allylic oxidation sites excluding steroid dienone is 3. The van der Waals surface area contributed by atoms with Gasteiger partial charge in [-0.1, -0.05) is 18.2 Å². The van der Waals surface area contributed by atoms with Crippen LogP contribution in [0.3, 0.4) is 0 Å². The van der Waals surface area contributed by atoms with Gasteiger partial charge in [-0.3, -0.25) is 0 Å². The lowest BCUT2D eigenvalue weighted by molar-refractivity contribution is 0.327. The second-order valence-corrected chi connectivity index (χ2v) is 7.86. The molecule has 0 spiro atoms. The number of nitrogens with zero attached hydrogens (tertiary/aromatic N) is 2. The molecular weight excluding hydrogens is 284 g/mol. The van der Waals surface area contributed by atoms with Gasteiger partial charge in [0.2, 0.25) is 0 Å². The first kappa shape index (κ1) is 15.4. The van der Waals surface area contributed by atoms with Crippen LogP contribution in [0.25, 0.3) is 0 Å². The Morgan fingerprint density at radius 3 is 2.74 bits per heavy atom. The molecule has 0 amide bonds. The zero-order valence-corrected chi connectivity index (χ0v) is 14.5. The predicted octanol–water partition coefficient (Wildman–Crippen LogP) is 1.20. The first-order chi connectivity index (χ1) is 11.2. The average Bonchev–Trinajstić information content (AvgIpc) is 3.03. The lowest BCUT2D eigenvalue weighted by Gasteiger charge is -2.33. The third kappa shape index (κ3) is 3.12. The van der Waals surface area contributed by atoms with Gasteiger partial charge in [-0.15, -0.1) is 0 Å². The molecule has 3 unspecified atom stereocenters. The largest absolute Gasteiger partial charge is 0.371 e. The summed E-state index contributed by atoms with van der Waals surface area (Å²) in [6.07, 6.45) is 9.40. The van der Waals surface area contributed by atoms with E-state index in [2.05, 4.69) is 52.8 Å². The minimum absolute atomic E-state index is 0.572. The van der Waals surface area contributed by atoms with E-state index in [4.69, 9.17) is 0 Å². The van der Waals surface area contributed by atoms with Crippen LogP contribution < -0.4 is 10.6 Å². The Morgan fingerprint density at radius 2 is 2.00 bits per heavy atom. The van der Waals surface area contributed by atoms with Crippen LogP contribution in [0.5, 0.6) is 0 Å². The standard InChI is InChI=1S/C19H30N4/c1-22(2)13-17-7-18-14(10-21-17)5-3-4-6-19(18)23-11-15-8-20-9-16(15)12-23/h3,5-6,15-17,20-21H,4,7-13H2,1-2H3. The minimum Gasteiger partial charge on any atom is -0.371 e. The summed E-state index contributed by atoms with van der Waals surface area (Å²) < 4.78 is 0. The normalized spacial score (nSPS) is 33.8. The van der Waals surface area contributed by atoms with Crippen LogP contribution in [0.2, 0.25) is 0 Å². The third-order valence-electron chi connectivity index (χ3n) is 5.81. The SMILES string of the molecule is CN(C)CC1CC2=C(C=CCC=C2N2CC3CNCC3C2)CN1. The Morgan fingerprint density at radius 1 is 1.22 bits per heavy atom. The highest BCUT2D eigenvalue weighted by molar-refractivity contribution is 5.45. The Bertz CT molecular complexity index is 534. The summed E-state index contributed by atoms with van der Waals surface area (Å²) in [5, 5.41) is 7.28. The molecule has 2 saturated heterocycles. The summed E-state index contributed by atoms with van der Waals surface area (Å²) in [6.45, 7) is 7.04. The molecule has 2 N–H and O–H groups in total. The monoisotopic (exact) mass is 314 g/mol. The highest BCUT2D eigenvalue weighted by atomic mass is 15.2. The van der Waals surface area contributed by atoms with E-state index in [1.54, 1.807) is 11.3 Å². The maximum atomic E-state index is 3.72. The number of likely N-dealkylation sites (tertiary alicyclic amines) is 1. The van der Waals surface area contributed by atoms with E-state index in [1.165, 1.54) is 31.8 Å². The molecule has 0 aromatic rings. The molecule has 0 aromatic carbocycles. The van der Waals surface area contributed by atoms with Crippen LogP contribution in [0.4, 0.5) is 0 Å². The maximum absolute atomic E-state index is 3.72. The number of fused-ring (bicyclic) bond motifs is 1. The summed E-state index contributed by atoms with van der Waals surface area (Å²) in [6, 6.07) is 0.572. The molecule has 2 fully saturated rings. The molecule has 126 valence electrons. The van der Waals surface area contributed by atoms with Crippen LogP contribution in [0, 0.1) is 11.8 Å². The summed E-state index contributed by atoms with van der Waals surface area (Å²) >= 11 is 0. The summed E-state index contributed by atoms with van der Waals surface area (Å²) in [5.41, 5.74) is 4.67. The molecule has 3 atom stereocenters. The van der Waals surface area contributed by atoms with E-state index in [0.717, 1.165) is 37.8 Å². The second-order valence-electron chi connectivity index (χ2n) is 7.86. The minimum atomic E-state index is 0.572. The average molecular weight is 314 g/mol. The fraction of sp³-hybridized carbons (Fsp3) is 0.684. The fourth-order valence-corrected chi connectivity index (χ4v) is 4.69. The number of hydrogen-bond acceptors (Lipinski definition) is 4. The molecule has 23 heavy (non-hydrogen) atoms. The van der Waals surface area contributed by atoms with Crippen LogP contribution in [-0.4, -0.2) is 69.2 Å². The van der Waals surface area contributed by atoms with Gasteiger partial charge in [0.15, 0.2) is 0 Å². The summed E-state index contributed by atoms with van der Waals surface area (Å²) in [7, 11) is 4.34. The van der Waals surface area contributed by atoms with Crippen LogP contribution in [0.15, 0.2) is 35.1 Å². The van der Waals surface area contributed by atoms with E-state index in [-0.39, 0.29) is 0 Å². The van der Waals surface area contributed by atoms with Crippen molar-refractivity contribution in [1.82, 2.24) is 20.4 Å². The van der Waals surface area contributed by atoms with Crippen LogP contribution in [-0.2, 0) is 0 Å². The molecule has 4 nitrogen and oxygen atoms in total. The van der Waals surface area contributed by atoms with Crippen molar-refractivity contribution in [2.75, 3.05) is 53.4 Å². The van der Waals surface area contributed by atoms with Crippen molar-refractivity contribution in [3.05, 3.63) is 35.1 Å². The summed E-state index contributed by atoms with van der Waals surface area (Å²) in [5.74, 6) is 1.71. The zero-order chi connectivity index (χ0) is 15.8. The van der Waals surface area contributed by atoms with Crippen molar-refractivity contribution >= 4 is 0 Å². The van der Waals surface area contributed by atoms with E-state index >= 15 is 0 Å². The lowest BCUT2D eigenvalue weighted by atomic mass is 9.92. The predicted molar refractivity (Wildman–Crippen MR) is 95.3 cm³/mol. The molecule has 0 radical (unpaired) electrons. The van der Waals surface area contributed by atoms with Gasteiger partial charge in [0.05, 0.1) is 0 Å². The van der Waals surface area contributed by atoms with Gasteiger partial charge in [-0.25, -0.2) is 0 Å². The molecule has 4 aliphatic rings. The topological polar surface area (TPSA) is 30.5 Å². The smallest absolute Gasteiger partial charge is 0.0365 e. The van der Waals surface area contributed by atoms with Gasteiger partial charge < -0.3 is 20.4 Å². The summed E-state index contributed by atoms with van der Waals surface area (Å²) in [4.78, 5) is 4.99. The number of rotatable bonds is 3. The molecule has 0 bridgehead atoms. The molecule has 1 aliphatic carbocycles. The van der Waals surface area contributed by atoms with Crippen molar-refractivity contribution < 1.29 is 0 Å². The number of likely N-dealkylation sites (N-methyl/N-ethyl adjacent to an activating group) is 1. The highest BCUT2D eigenvalue weighted by Gasteiger charge is 2.38. The molecule has 4 rings (SSSR count). The van der Waals surface area contributed by atoms with Gasteiger partial charge >= 0.3 is 0 Å². The van der Waals surface area contributed by atoms with Gasteiger partial charge in [0.1, 0.15) is 0 Å². The van der Waals surface area contributed by atoms with Crippen LogP contribution in [0.1, 0.15) is 12.8 Å². The first-order valence-corrected chi connectivity index (χ1v) is 9.13. The van der Waals surface area contributed by atoms with E-state index < -0.39 is 0 Å². The molecular formula is C19H30N4. The Balaban J connectivity index is 1.55. The van der Waals surface area contributed by atoms with Crippen molar-refractivity contribution in [3.63, 3.8) is 0 Å².